The quantitative estimate of drug-likeness (QED) is 0.124. The number of carbonyl (C=O) groups is 6. The number of nitrogens with zero attached hydrogens (tertiary/aromatic N) is 1. The van der Waals surface area contributed by atoms with Crippen molar-refractivity contribution in [3.63, 3.8) is 0 Å². The molecule has 2 aromatic carbocycles. The number of hydrogen-bond donors (Lipinski definition) is 0. The van der Waals surface area contributed by atoms with Gasteiger partial charge in [-0.1, -0.05) is 60.7 Å². The number of methoxy groups -OCH3 is 1. The highest BCUT2D eigenvalue weighted by molar-refractivity contribution is 5.78. The number of carbonyl (C=O) groups excluding carboxylic acids is 6. The molecule has 5 atom stereocenters. The van der Waals surface area contributed by atoms with Gasteiger partial charge in [0.2, 0.25) is 0 Å². The Morgan fingerprint density at radius 1 is 0.788 bits per heavy atom. The third-order valence-corrected chi connectivity index (χ3v) is 7.49. The lowest BCUT2D eigenvalue weighted by atomic mass is 9.91. The van der Waals surface area contributed by atoms with Crippen LogP contribution in [0.4, 0.5) is 4.79 Å². The van der Waals surface area contributed by atoms with Gasteiger partial charge in [0.05, 0.1) is 33.4 Å². The van der Waals surface area contributed by atoms with Gasteiger partial charge < -0.3 is 47.5 Å². The van der Waals surface area contributed by atoms with Crippen molar-refractivity contribution in [1.82, 2.24) is 4.90 Å². The maximum Gasteiger partial charge on any atom is 0.410 e. The van der Waals surface area contributed by atoms with Crippen LogP contribution in [-0.2, 0) is 79.8 Å². The minimum absolute atomic E-state index is 0.0485. The number of benzene rings is 2. The van der Waals surface area contributed by atoms with E-state index < -0.39 is 79.2 Å². The summed E-state index contributed by atoms with van der Waals surface area (Å²) in [6.45, 7) is 3.96. The summed E-state index contributed by atoms with van der Waals surface area (Å²) in [7, 11) is 1.07. The highest BCUT2D eigenvalue weighted by atomic mass is 16.8. The standard InChI is InChI=1S/C36H45NO15/c1-24(38)46-23-31(50-26(3)40)33-32(51-27(4)41)30(49-25(2)39)20-36(52-33,34(42)44-5)48-19-18-45-17-16-37(21-28-12-8-6-9-13-28)35(43)47-22-29-14-10-7-11-15-29/h6-15,30-33H,16-23H2,1-5H3/t30-,31-,32-,33?,36-/m1/s1. The first-order valence-electron chi connectivity index (χ1n) is 16.5. The molecule has 1 aliphatic rings. The van der Waals surface area contributed by atoms with Crippen LogP contribution in [-0.4, -0.2) is 111 Å². The zero-order valence-corrected chi connectivity index (χ0v) is 29.8. The molecule has 1 heterocycles. The average Bonchev–Trinajstić information content (AvgIpc) is 3.10. The van der Waals surface area contributed by atoms with Crippen molar-refractivity contribution in [2.75, 3.05) is 40.1 Å². The maximum atomic E-state index is 13.3. The average molecular weight is 732 g/mol. The van der Waals surface area contributed by atoms with Gasteiger partial charge in [-0.25, -0.2) is 9.59 Å². The second-order valence-electron chi connectivity index (χ2n) is 11.6. The topological polar surface area (TPSA) is 189 Å². The summed E-state index contributed by atoms with van der Waals surface area (Å²) >= 11 is 0. The first-order valence-corrected chi connectivity index (χ1v) is 16.5. The molecule has 2 aromatic rings. The van der Waals surface area contributed by atoms with Gasteiger partial charge >= 0.3 is 35.9 Å². The number of hydrogen-bond acceptors (Lipinski definition) is 15. The summed E-state index contributed by atoms with van der Waals surface area (Å²) in [5, 5.41) is 0. The zero-order valence-electron chi connectivity index (χ0n) is 29.8. The van der Waals surface area contributed by atoms with Gasteiger partial charge in [0.25, 0.3) is 5.79 Å². The van der Waals surface area contributed by atoms with Gasteiger partial charge in [0, 0.05) is 40.8 Å². The third kappa shape index (κ3) is 13.2. The lowest BCUT2D eigenvalue weighted by molar-refractivity contribution is -0.328. The number of esters is 5. The van der Waals surface area contributed by atoms with E-state index in [-0.39, 0.29) is 39.5 Å². The SMILES string of the molecule is COC(=O)[C@@]1(OCCOCCN(Cc2ccccc2)C(=O)OCc2ccccc2)C[C@@H](OC(C)=O)[C@@H](OC(C)=O)C([C@@H](COC(C)=O)OC(C)=O)O1. The van der Waals surface area contributed by atoms with Gasteiger partial charge in [0.15, 0.2) is 12.2 Å². The summed E-state index contributed by atoms with van der Waals surface area (Å²) in [6.07, 6.45) is -6.87. The number of rotatable bonds is 18. The first-order chi connectivity index (χ1) is 24.8. The van der Waals surface area contributed by atoms with E-state index in [1.165, 1.54) is 4.90 Å². The minimum Gasteiger partial charge on any atom is -0.465 e. The number of amides is 1. The van der Waals surface area contributed by atoms with E-state index in [1.54, 1.807) is 0 Å². The van der Waals surface area contributed by atoms with E-state index in [1.807, 2.05) is 60.7 Å². The van der Waals surface area contributed by atoms with Gasteiger partial charge in [-0.3, -0.25) is 19.2 Å². The molecule has 1 fully saturated rings. The summed E-state index contributed by atoms with van der Waals surface area (Å²) in [5.74, 6) is -6.51. The largest absolute Gasteiger partial charge is 0.465 e. The molecule has 0 aromatic heterocycles. The van der Waals surface area contributed by atoms with Crippen molar-refractivity contribution < 1.29 is 71.4 Å². The van der Waals surface area contributed by atoms with Crippen LogP contribution < -0.4 is 0 Å². The van der Waals surface area contributed by atoms with E-state index in [2.05, 4.69) is 0 Å². The molecule has 16 nitrogen and oxygen atoms in total. The molecule has 1 unspecified atom stereocenters. The smallest absolute Gasteiger partial charge is 0.410 e. The Kier molecular flexibility index (Phi) is 16.5. The Morgan fingerprint density at radius 2 is 1.42 bits per heavy atom. The molecule has 1 aliphatic heterocycles. The molecule has 0 spiro atoms. The second-order valence-corrected chi connectivity index (χ2v) is 11.6. The van der Waals surface area contributed by atoms with Crippen LogP contribution >= 0.6 is 0 Å². The van der Waals surface area contributed by atoms with Crippen LogP contribution in [0.1, 0.15) is 45.2 Å². The van der Waals surface area contributed by atoms with E-state index in [0.29, 0.717) is 0 Å². The molecule has 16 heteroatoms. The molecular weight excluding hydrogens is 686 g/mol. The molecule has 1 amide bonds. The van der Waals surface area contributed by atoms with Gasteiger partial charge in [-0.15, -0.1) is 0 Å². The van der Waals surface area contributed by atoms with Crippen LogP contribution in [0, 0.1) is 0 Å². The molecule has 0 radical (unpaired) electrons. The van der Waals surface area contributed by atoms with Crippen LogP contribution in [0.5, 0.6) is 0 Å². The molecule has 0 N–H and O–H groups in total. The van der Waals surface area contributed by atoms with Crippen LogP contribution in [0.3, 0.4) is 0 Å². The molecule has 0 saturated carbocycles. The Bertz CT molecular complexity index is 1490. The fraction of sp³-hybridized carbons (Fsp3) is 0.500. The van der Waals surface area contributed by atoms with E-state index in [4.69, 9.17) is 42.6 Å². The monoisotopic (exact) mass is 731 g/mol. The summed E-state index contributed by atoms with van der Waals surface area (Å²) in [6, 6.07) is 18.6. The fourth-order valence-corrected chi connectivity index (χ4v) is 5.31. The molecule has 0 aliphatic carbocycles. The van der Waals surface area contributed by atoms with Crippen molar-refractivity contribution in [2.24, 2.45) is 0 Å². The predicted octanol–water partition coefficient (Wildman–Crippen LogP) is 2.88. The van der Waals surface area contributed by atoms with Gasteiger partial charge in [-0.05, 0) is 11.1 Å². The Labute approximate surface area is 301 Å². The van der Waals surface area contributed by atoms with Crippen molar-refractivity contribution in [3.8, 4) is 0 Å². The normalized spacial score (nSPS) is 20.1. The third-order valence-electron chi connectivity index (χ3n) is 7.49. The van der Waals surface area contributed by atoms with E-state index >= 15 is 0 Å². The Balaban J connectivity index is 1.75. The first kappa shape index (κ1) is 41.4. The molecule has 52 heavy (non-hydrogen) atoms. The second kappa shape index (κ2) is 20.7. The maximum absolute atomic E-state index is 13.3. The van der Waals surface area contributed by atoms with Crippen molar-refractivity contribution >= 4 is 35.9 Å². The van der Waals surface area contributed by atoms with E-state index in [9.17, 15) is 28.8 Å². The molecule has 3 rings (SSSR count). The predicted molar refractivity (Wildman–Crippen MR) is 178 cm³/mol. The lowest BCUT2D eigenvalue weighted by Gasteiger charge is -2.46. The summed E-state index contributed by atoms with van der Waals surface area (Å²) in [4.78, 5) is 75.9. The van der Waals surface area contributed by atoms with Gasteiger partial charge in [-0.2, -0.15) is 0 Å². The van der Waals surface area contributed by atoms with E-state index in [0.717, 1.165) is 45.9 Å². The van der Waals surface area contributed by atoms with Crippen molar-refractivity contribution in [1.29, 1.82) is 0 Å². The van der Waals surface area contributed by atoms with Crippen LogP contribution in [0.25, 0.3) is 0 Å². The molecule has 284 valence electrons. The van der Waals surface area contributed by atoms with Crippen molar-refractivity contribution in [3.05, 3.63) is 71.8 Å². The minimum atomic E-state index is -2.30. The lowest BCUT2D eigenvalue weighted by Crippen LogP contribution is -2.65. The molecule has 0 bridgehead atoms. The van der Waals surface area contributed by atoms with Crippen LogP contribution in [0.15, 0.2) is 60.7 Å². The fourth-order valence-electron chi connectivity index (χ4n) is 5.31. The van der Waals surface area contributed by atoms with Gasteiger partial charge in [0.1, 0.15) is 25.4 Å². The van der Waals surface area contributed by atoms with Crippen molar-refractivity contribution in [2.45, 2.75) is 77.5 Å². The zero-order chi connectivity index (χ0) is 38.1. The highest BCUT2D eigenvalue weighted by Gasteiger charge is 2.59. The summed E-state index contributed by atoms with van der Waals surface area (Å²) < 4.78 is 49.6. The molecule has 1 saturated heterocycles. The molecular formula is C36H45NO15. The number of ether oxygens (including phenoxy) is 9. The Morgan fingerprint density at radius 3 is 2.00 bits per heavy atom. The van der Waals surface area contributed by atoms with Crippen LogP contribution in [0.2, 0.25) is 0 Å². The highest BCUT2D eigenvalue weighted by Crippen LogP contribution is 2.37. The summed E-state index contributed by atoms with van der Waals surface area (Å²) in [5.41, 5.74) is 1.71. The Hall–Kier alpha value is -5.06.